The number of hydrogen-bond donors (Lipinski definition) is 0. The summed E-state index contributed by atoms with van der Waals surface area (Å²) in [5.74, 6) is 0.0436. The zero-order chi connectivity index (χ0) is 13.1. The van der Waals surface area contributed by atoms with Crippen LogP contribution in [0.2, 0.25) is 0 Å². The van der Waals surface area contributed by atoms with Crippen LogP contribution in [-0.2, 0) is 17.1 Å². The Kier molecular flexibility index (Phi) is 4.89. The van der Waals surface area contributed by atoms with Crippen molar-refractivity contribution in [2.24, 2.45) is 0 Å². The standard InChI is InChI=1S/C11H10ClF3OS/c1-7(16)4-8-2-3-10(5-9(8)6-12)17-11(13,14)15/h2-3,5H,4,6H2,1H3. The molecule has 17 heavy (non-hydrogen) atoms. The van der Waals surface area contributed by atoms with Crippen LogP contribution >= 0.6 is 23.4 Å². The number of ketones is 1. The van der Waals surface area contributed by atoms with Gasteiger partial charge in [0, 0.05) is 17.2 Å². The van der Waals surface area contributed by atoms with Gasteiger partial charge in [-0.1, -0.05) is 6.07 Å². The number of carbonyl (C=O) groups excluding carboxylic acids is 1. The third-order valence-electron chi connectivity index (χ3n) is 1.99. The van der Waals surface area contributed by atoms with Crippen LogP contribution in [0.5, 0.6) is 0 Å². The molecule has 1 aromatic rings. The van der Waals surface area contributed by atoms with Gasteiger partial charge in [-0.25, -0.2) is 0 Å². The second kappa shape index (κ2) is 5.78. The number of carbonyl (C=O) groups is 1. The maximum Gasteiger partial charge on any atom is 0.446 e. The molecule has 0 aliphatic carbocycles. The van der Waals surface area contributed by atoms with Crippen LogP contribution in [0, 0.1) is 0 Å². The lowest BCUT2D eigenvalue weighted by atomic mass is 10.0. The van der Waals surface area contributed by atoms with Gasteiger partial charge < -0.3 is 0 Å². The molecule has 1 aromatic carbocycles. The number of Topliss-reactive ketones (excluding diaryl/α,β-unsaturated/α-hetero) is 1. The molecule has 0 saturated carbocycles. The Balaban J connectivity index is 2.96. The fourth-order valence-electron chi connectivity index (χ4n) is 1.36. The van der Waals surface area contributed by atoms with Crippen molar-refractivity contribution in [2.45, 2.75) is 29.6 Å². The SMILES string of the molecule is CC(=O)Cc1ccc(SC(F)(F)F)cc1CCl. The summed E-state index contributed by atoms with van der Waals surface area (Å²) in [5, 5.41) is 0. The number of rotatable bonds is 4. The maximum atomic E-state index is 12.2. The first-order valence-corrected chi connectivity index (χ1v) is 6.10. The average Bonchev–Trinajstić information content (AvgIpc) is 2.17. The number of alkyl halides is 4. The van der Waals surface area contributed by atoms with Crippen LogP contribution in [0.4, 0.5) is 13.2 Å². The molecule has 0 aliphatic heterocycles. The Labute approximate surface area is 106 Å². The first-order valence-electron chi connectivity index (χ1n) is 4.75. The largest absolute Gasteiger partial charge is 0.446 e. The van der Waals surface area contributed by atoms with Crippen molar-refractivity contribution in [3.8, 4) is 0 Å². The average molecular weight is 283 g/mol. The Morgan fingerprint density at radius 1 is 1.35 bits per heavy atom. The van der Waals surface area contributed by atoms with Crippen molar-refractivity contribution in [3.05, 3.63) is 29.3 Å². The fraction of sp³-hybridized carbons (Fsp3) is 0.364. The van der Waals surface area contributed by atoms with Gasteiger partial charge in [0.1, 0.15) is 5.78 Å². The molecule has 1 nitrogen and oxygen atoms in total. The molecule has 0 atom stereocenters. The van der Waals surface area contributed by atoms with Gasteiger partial charge in [-0.3, -0.25) is 4.79 Å². The fourth-order valence-corrected chi connectivity index (χ4v) is 2.22. The van der Waals surface area contributed by atoms with E-state index < -0.39 is 5.51 Å². The van der Waals surface area contributed by atoms with Crippen molar-refractivity contribution in [3.63, 3.8) is 0 Å². The topological polar surface area (TPSA) is 17.1 Å². The van der Waals surface area contributed by atoms with Gasteiger partial charge in [-0.2, -0.15) is 13.2 Å². The van der Waals surface area contributed by atoms with E-state index in [1.807, 2.05) is 0 Å². The Morgan fingerprint density at radius 3 is 2.47 bits per heavy atom. The predicted octanol–water partition coefficient (Wildman–Crippen LogP) is 4.17. The second-order valence-corrected chi connectivity index (χ2v) is 4.90. The summed E-state index contributed by atoms with van der Waals surface area (Å²) >= 11 is 5.47. The van der Waals surface area contributed by atoms with Crippen molar-refractivity contribution in [1.29, 1.82) is 0 Å². The van der Waals surface area contributed by atoms with Gasteiger partial charge in [0.15, 0.2) is 0 Å². The minimum atomic E-state index is -4.31. The molecule has 0 heterocycles. The van der Waals surface area contributed by atoms with Crippen molar-refractivity contribution >= 4 is 29.1 Å². The van der Waals surface area contributed by atoms with Gasteiger partial charge in [-0.15, -0.1) is 11.6 Å². The molecule has 0 spiro atoms. The van der Waals surface area contributed by atoms with Gasteiger partial charge in [0.25, 0.3) is 0 Å². The lowest BCUT2D eigenvalue weighted by molar-refractivity contribution is -0.116. The summed E-state index contributed by atoms with van der Waals surface area (Å²) in [7, 11) is 0. The quantitative estimate of drug-likeness (QED) is 0.609. The van der Waals surface area contributed by atoms with E-state index in [0.29, 0.717) is 11.1 Å². The molecule has 0 saturated heterocycles. The van der Waals surface area contributed by atoms with Crippen LogP contribution in [0.1, 0.15) is 18.1 Å². The first kappa shape index (κ1) is 14.4. The second-order valence-electron chi connectivity index (χ2n) is 3.49. The summed E-state index contributed by atoms with van der Waals surface area (Å²) in [6, 6.07) is 4.25. The molecule has 0 bridgehead atoms. The smallest absolute Gasteiger partial charge is 0.300 e. The number of hydrogen-bond acceptors (Lipinski definition) is 2. The molecule has 0 amide bonds. The van der Waals surface area contributed by atoms with Crippen molar-refractivity contribution in [2.75, 3.05) is 0 Å². The third-order valence-corrected chi connectivity index (χ3v) is 3.00. The summed E-state index contributed by atoms with van der Waals surface area (Å²) < 4.78 is 36.5. The Hall–Kier alpha value is -0.680. The molecular weight excluding hydrogens is 273 g/mol. The minimum Gasteiger partial charge on any atom is -0.300 e. The van der Waals surface area contributed by atoms with E-state index in [1.165, 1.54) is 25.1 Å². The molecule has 1 rings (SSSR count). The van der Waals surface area contributed by atoms with E-state index in [4.69, 9.17) is 11.6 Å². The van der Waals surface area contributed by atoms with E-state index >= 15 is 0 Å². The van der Waals surface area contributed by atoms with E-state index in [9.17, 15) is 18.0 Å². The van der Waals surface area contributed by atoms with E-state index in [2.05, 4.69) is 0 Å². The summed E-state index contributed by atoms with van der Waals surface area (Å²) in [4.78, 5) is 11.1. The van der Waals surface area contributed by atoms with E-state index in [1.54, 1.807) is 0 Å². The molecule has 0 fully saturated rings. The summed E-state index contributed by atoms with van der Waals surface area (Å²) in [5.41, 5.74) is -3.07. The van der Waals surface area contributed by atoms with Gasteiger partial charge in [0.2, 0.25) is 0 Å². The first-order chi connectivity index (χ1) is 7.81. The third kappa shape index (κ3) is 5.00. The van der Waals surface area contributed by atoms with Crippen molar-refractivity contribution in [1.82, 2.24) is 0 Å². The Bertz CT molecular complexity index is 418. The number of halogens is 4. The van der Waals surface area contributed by atoms with E-state index in [-0.39, 0.29) is 34.7 Å². The molecule has 6 heteroatoms. The van der Waals surface area contributed by atoms with Crippen molar-refractivity contribution < 1.29 is 18.0 Å². The van der Waals surface area contributed by atoms with Gasteiger partial charge in [-0.05, 0) is 41.9 Å². The lowest BCUT2D eigenvalue weighted by Gasteiger charge is -2.10. The molecule has 0 unspecified atom stereocenters. The highest BCUT2D eigenvalue weighted by Gasteiger charge is 2.29. The highest BCUT2D eigenvalue weighted by Crippen LogP contribution is 2.37. The van der Waals surface area contributed by atoms with Crippen LogP contribution in [0.25, 0.3) is 0 Å². The number of benzene rings is 1. The zero-order valence-electron chi connectivity index (χ0n) is 8.97. The molecule has 0 aliphatic rings. The van der Waals surface area contributed by atoms with Crippen LogP contribution in [0.3, 0.4) is 0 Å². The normalized spacial score (nSPS) is 11.6. The minimum absolute atomic E-state index is 0.0485. The Morgan fingerprint density at radius 2 is 2.00 bits per heavy atom. The van der Waals surface area contributed by atoms with Crippen LogP contribution in [0.15, 0.2) is 23.1 Å². The molecule has 0 radical (unpaired) electrons. The monoisotopic (exact) mass is 282 g/mol. The van der Waals surface area contributed by atoms with Gasteiger partial charge in [0.05, 0.1) is 0 Å². The van der Waals surface area contributed by atoms with E-state index in [0.717, 1.165) is 0 Å². The van der Waals surface area contributed by atoms with Crippen LogP contribution in [-0.4, -0.2) is 11.3 Å². The lowest BCUT2D eigenvalue weighted by Crippen LogP contribution is -2.02. The molecular formula is C11H10ClF3OS. The summed E-state index contributed by atoms with van der Waals surface area (Å²) in [6.45, 7) is 1.43. The molecule has 0 N–H and O–H groups in total. The highest BCUT2D eigenvalue weighted by molar-refractivity contribution is 8.00. The summed E-state index contributed by atoms with van der Waals surface area (Å²) in [6.07, 6.45) is 0.193. The molecule has 94 valence electrons. The molecule has 0 aromatic heterocycles. The maximum absolute atomic E-state index is 12.2. The predicted molar refractivity (Wildman–Crippen MR) is 62.3 cm³/mol. The highest BCUT2D eigenvalue weighted by atomic mass is 35.5. The number of thioether (sulfide) groups is 1. The zero-order valence-corrected chi connectivity index (χ0v) is 10.5. The van der Waals surface area contributed by atoms with Crippen LogP contribution < -0.4 is 0 Å². The van der Waals surface area contributed by atoms with Gasteiger partial charge >= 0.3 is 5.51 Å².